The van der Waals surface area contributed by atoms with Crippen LogP contribution in [0, 0.1) is 6.92 Å². The Bertz CT molecular complexity index is 493. The van der Waals surface area contributed by atoms with Crippen LogP contribution in [0.25, 0.3) is 0 Å². The first-order chi connectivity index (χ1) is 8.13. The van der Waals surface area contributed by atoms with E-state index >= 15 is 0 Å². The molecule has 2 aromatic rings. The van der Waals surface area contributed by atoms with E-state index in [2.05, 4.69) is 5.10 Å². The van der Waals surface area contributed by atoms with E-state index in [9.17, 15) is 5.11 Å². The summed E-state index contributed by atoms with van der Waals surface area (Å²) in [6, 6.07) is 3.87. The number of halogens is 1. The van der Waals surface area contributed by atoms with Crippen LogP contribution in [0.2, 0.25) is 5.02 Å². The topological polar surface area (TPSA) is 38.0 Å². The van der Waals surface area contributed by atoms with Crippen LogP contribution < -0.4 is 0 Å². The molecule has 1 N–H and O–H groups in total. The normalized spacial score (nSPS) is 12.9. The van der Waals surface area contributed by atoms with Crippen molar-refractivity contribution in [3.05, 3.63) is 38.8 Å². The van der Waals surface area contributed by atoms with E-state index in [1.54, 1.807) is 11.3 Å². The number of aromatic nitrogens is 2. The number of thiophene rings is 1. The third-order valence-corrected chi connectivity index (χ3v) is 4.18. The van der Waals surface area contributed by atoms with Gasteiger partial charge >= 0.3 is 0 Å². The minimum Gasteiger partial charge on any atom is -0.387 e. The molecule has 0 aliphatic heterocycles. The molecule has 1 unspecified atom stereocenters. The fourth-order valence-corrected chi connectivity index (χ4v) is 2.75. The van der Waals surface area contributed by atoms with Crippen molar-refractivity contribution in [3.63, 3.8) is 0 Å². The second kappa shape index (κ2) is 5.21. The first kappa shape index (κ1) is 12.6. The van der Waals surface area contributed by atoms with Crippen molar-refractivity contribution in [1.29, 1.82) is 0 Å². The summed E-state index contributed by atoms with van der Waals surface area (Å²) in [4.78, 5) is 0.961. The fourth-order valence-electron chi connectivity index (χ4n) is 1.83. The number of hydrogen-bond donors (Lipinski definition) is 1. The van der Waals surface area contributed by atoms with Gasteiger partial charge in [-0.05, 0) is 25.3 Å². The van der Waals surface area contributed by atoms with Crippen molar-refractivity contribution in [2.75, 3.05) is 0 Å². The Kier molecular flexibility index (Phi) is 3.86. The van der Waals surface area contributed by atoms with Gasteiger partial charge in [0.2, 0.25) is 0 Å². The summed E-state index contributed by atoms with van der Waals surface area (Å²) >= 11 is 7.76. The molecule has 0 bridgehead atoms. The molecule has 0 saturated heterocycles. The van der Waals surface area contributed by atoms with Crippen LogP contribution >= 0.6 is 22.9 Å². The Balaban J connectivity index is 2.24. The van der Waals surface area contributed by atoms with E-state index in [-0.39, 0.29) is 0 Å². The summed E-state index contributed by atoms with van der Waals surface area (Å²) in [6.45, 7) is 4.67. The highest BCUT2D eigenvalue weighted by molar-refractivity contribution is 7.10. The van der Waals surface area contributed by atoms with Crippen LogP contribution in [-0.4, -0.2) is 14.9 Å². The van der Waals surface area contributed by atoms with Gasteiger partial charge in [-0.15, -0.1) is 11.3 Å². The quantitative estimate of drug-likeness (QED) is 0.926. The van der Waals surface area contributed by atoms with Crippen molar-refractivity contribution in [3.8, 4) is 0 Å². The minimum atomic E-state index is -0.506. The molecule has 0 aliphatic carbocycles. The lowest BCUT2D eigenvalue weighted by Gasteiger charge is -2.10. The van der Waals surface area contributed by atoms with Crippen molar-refractivity contribution < 1.29 is 5.11 Å². The highest BCUT2D eigenvalue weighted by Crippen LogP contribution is 2.27. The average molecular weight is 271 g/mol. The van der Waals surface area contributed by atoms with E-state index in [0.29, 0.717) is 11.4 Å². The molecule has 0 amide bonds. The zero-order chi connectivity index (χ0) is 12.4. The standard InChI is InChI=1S/C12H15ClN2OS/c1-3-15-9(12(13)8(2)14-15)7-10(16)11-5-4-6-17-11/h4-6,10,16H,3,7H2,1-2H3. The van der Waals surface area contributed by atoms with E-state index in [0.717, 1.165) is 22.8 Å². The predicted molar refractivity (Wildman–Crippen MR) is 70.6 cm³/mol. The van der Waals surface area contributed by atoms with Gasteiger partial charge in [-0.1, -0.05) is 17.7 Å². The SMILES string of the molecule is CCn1nc(C)c(Cl)c1CC(O)c1cccs1. The van der Waals surface area contributed by atoms with Gasteiger partial charge < -0.3 is 5.11 Å². The van der Waals surface area contributed by atoms with Crippen LogP contribution in [0.5, 0.6) is 0 Å². The smallest absolute Gasteiger partial charge is 0.0937 e. The number of aryl methyl sites for hydroxylation is 2. The van der Waals surface area contributed by atoms with Crippen LogP contribution in [0.1, 0.15) is 29.3 Å². The van der Waals surface area contributed by atoms with Crippen LogP contribution in [-0.2, 0) is 13.0 Å². The maximum absolute atomic E-state index is 10.1. The number of aliphatic hydroxyl groups is 1. The summed E-state index contributed by atoms with van der Waals surface area (Å²) in [5, 5.41) is 17.1. The molecular formula is C12H15ClN2OS. The van der Waals surface area contributed by atoms with E-state index in [1.165, 1.54) is 0 Å². The Morgan fingerprint density at radius 3 is 2.94 bits per heavy atom. The van der Waals surface area contributed by atoms with E-state index < -0.39 is 6.10 Å². The van der Waals surface area contributed by atoms with Gasteiger partial charge in [0.15, 0.2) is 0 Å². The zero-order valence-corrected chi connectivity index (χ0v) is 11.4. The summed E-state index contributed by atoms with van der Waals surface area (Å²) in [5.41, 5.74) is 1.73. The molecule has 5 heteroatoms. The molecule has 0 fully saturated rings. The first-order valence-corrected chi connectivity index (χ1v) is 6.82. The van der Waals surface area contributed by atoms with Gasteiger partial charge in [0.1, 0.15) is 0 Å². The van der Waals surface area contributed by atoms with Gasteiger partial charge in [-0.25, -0.2) is 0 Å². The summed E-state index contributed by atoms with van der Waals surface area (Å²) in [6.07, 6.45) is 0.00231. The second-order valence-corrected chi connectivity index (χ2v) is 5.25. The molecule has 0 aromatic carbocycles. The molecule has 17 heavy (non-hydrogen) atoms. The van der Waals surface area contributed by atoms with Crippen molar-refractivity contribution >= 4 is 22.9 Å². The highest BCUT2D eigenvalue weighted by atomic mass is 35.5. The van der Waals surface area contributed by atoms with Gasteiger partial charge in [0, 0.05) is 17.8 Å². The minimum absolute atomic E-state index is 0.506. The summed E-state index contributed by atoms with van der Waals surface area (Å²) < 4.78 is 1.86. The number of nitrogens with zero attached hydrogens (tertiary/aromatic N) is 2. The third kappa shape index (κ3) is 2.54. The summed E-state index contributed by atoms with van der Waals surface area (Å²) in [7, 11) is 0. The predicted octanol–water partition coefficient (Wildman–Crippen LogP) is 3.20. The lowest BCUT2D eigenvalue weighted by atomic mass is 10.1. The third-order valence-electron chi connectivity index (χ3n) is 2.71. The molecule has 2 aromatic heterocycles. The Labute approximate surface area is 110 Å². The van der Waals surface area contributed by atoms with E-state index in [1.807, 2.05) is 36.0 Å². The largest absolute Gasteiger partial charge is 0.387 e. The number of hydrogen-bond acceptors (Lipinski definition) is 3. The van der Waals surface area contributed by atoms with Crippen LogP contribution in [0.3, 0.4) is 0 Å². The molecule has 0 saturated carbocycles. The van der Waals surface area contributed by atoms with Gasteiger partial charge in [0.25, 0.3) is 0 Å². The summed E-state index contributed by atoms with van der Waals surface area (Å²) in [5.74, 6) is 0. The zero-order valence-electron chi connectivity index (χ0n) is 9.85. The molecule has 1 atom stereocenters. The van der Waals surface area contributed by atoms with Gasteiger partial charge in [-0.3, -0.25) is 4.68 Å². The molecule has 2 heterocycles. The molecular weight excluding hydrogens is 256 g/mol. The highest BCUT2D eigenvalue weighted by Gasteiger charge is 2.17. The molecule has 2 rings (SSSR count). The lowest BCUT2D eigenvalue weighted by Crippen LogP contribution is -2.08. The van der Waals surface area contributed by atoms with Crippen LogP contribution in [0.15, 0.2) is 17.5 Å². The van der Waals surface area contributed by atoms with Crippen LogP contribution in [0.4, 0.5) is 0 Å². The first-order valence-electron chi connectivity index (χ1n) is 5.56. The number of rotatable bonds is 4. The second-order valence-electron chi connectivity index (χ2n) is 3.90. The van der Waals surface area contributed by atoms with E-state index in [4.69, 9.17) is 11.6 Å². The molecule has 3 nitrogen and oxygen atoms in total. The molecule has 0 aliphatic rings. The number of aliphatic hydroxyl groups excluding tert-OH is 1. The lowest BCUT2D eigenvalue weighted by molar-refractivity contribution is 0.179. The molecule has 0 spiro atoms. The maximum Gasteiger partial charge on any atom is 0.0937 e. The Morgan fingerprint density at radius 1 is 1.59 bits per heavy atom. The van der Waals surface area contributed by atoms with Gasteiger partial charge in [0.05, 0.1) is 22.5 Å². The average Bonchev–Trinajstić information content (AvgIpc) is 2.92. The molecule has 92 valence electrons. The Hall–Kier alpha value is -0.840. The van der Waals surface area contributed by atoms with Gasteiger partial charge in [-0.2, -0.15) is 5.10 Å². The van der Waals surface area contributed by atoms with Crippen molar-refractivity contribution in [1.82, 2.24) is 9.78 Å². The van der Waals surface area contributed by atoms with Crippen molar-refractivity contribution in [2.24, 2.45) is 0 Å². The fraction of sp³-hybridized carbons (Fsp3) is 0.417. The monoisotopic (exact) mass is 270 g/mol. The Morgan fingerprint density at radius 2 is 2.35 bits per heavy atom. The van der Waals surface area contributed by atoms with Crippen molar-refractivity contribution in [2.45, 2.75) is 32.9 Å². The molecule has 0 radical (unpaired) electrons. The maximum atomic E-state index is 10.1.